The van der Waals surface area contributed by atoms with Gasteiger partial charge in [-0.25, -0.2) is 0 Å². The topological polar surface area (TPSA) is 101 Å². The van der Waals surface area contributed by atoms with Crippen LogP contribution >= 0.6 is 0 Å². The van der Waals surface area contributed by atoms with E-state index in [0.717, 1.165) is 41.1 Å². The van der Waals surface area contributed by atoms with Crippen LogP contribution in [0.15, 0.2) is 40.9 Å². The molecule has 1 atom stereocenters. The molecule has 1 unspecified atom stereocenters. The predicted molar refractivity (Wildman–Crippen MR) is 112 cm³/mol. The van der Waals surface area contributed by atoms with Gasteiger partial charge in [0.1, 0.15) is 5.75 Å². The van der Waals surface area contributed by atoms with Gasteiger partial charge in [-0.3, -0.25) is 4.79 Å². The minimum Gasteiger partial charge on any atom is -0.496 e. The molecule has 0 spiro atoms. The summed E-state index contributed by atoms with van der Waals surface area (Å²) in [5, 5.41) is 14.0. The van der Waals surface area contributed by atoms with Gasteiger partial charge in [-0.05, 0) is 54.8 Å². The van der Waals surface area contributed by atoms with Crippen LogP contribution in [0.5, 0.6) is 5.75 Å². The Balaban J connectivity index is 1.49. The summed E-state index contributed by atoms with van der Waals surface area (Å²) in [5.74, 6) is -0.980. The summed E-state index contributed by atoms with van der Waals surface area (Å²) in [7, 11) is 1.17. The number of nitrogens with zero attached hydrogens (tertiary/aromatic N) is 2. The van der Waals surface area contributed by atoms with E-state index in [9.17, 15) is 18.0 Å². The first-order valence-electron chi connectivity index (χ1n) is 10.2. The number of benzene rings is 2. The van der Waals surface area contributed by atoms with E-state index in [4.69, 9.17) is 14.4 Å². The van der Waals surface area contributed by atoms with Crippen LogP contribution < -0.4 is 4.74 Å². The van der Waals surface area contributed by atoms with Crippen molar-refractivity contribution in [2.24, 2.45) is 0 Å². The SMILES string of the molecule is COc1ccc(-c2nc(-c3ccc4[nH]c5c(c4c3)CCC5CC(=O)O)no2)cc1C(F)(F)F. The molecule has 2 aromatic heterocycles. The predicted octanol–water partition coefficient (Wildman–Crippen LogP) is 5.42. The quantitative estimate of drug-likeness (QED) is 0.415. The number of H-pyrrole nitrogens is 1. The van der Waals surface area contributed by atoms with Gasteiger partial charge in [-0.2, -0.15) is 18.2 Å². The standard InChI is InChI=1S/C23H18F3N3O4/c1-32-18-7-4-13(9-16(18)23(24,25)26)22-28-21(29-33-22)12-3-6-17-15(8-12)14-5-2-11(10-19(30)31)20(14)27-17/h3-4,6-9,11,27H,2,5,10H2,1H3,(H,30,31). The van der Waals surface area contributed by atoms with Gasteiger partial charge in [-0.1, -0.05) is 5.16 Å². The first-order chi connectivity index (χ1) is 15.7. The van der Waals surface area contributed by atoms with E-state index >= 15 is 0 Å². The highest BCUT2D eigenvalue weighted by molar-refractivity contribution is 5.89. The van der Waals surface area contributed by atoms with Gasteiger partial charge in [0.2, 0.25) is 5.82 Å². The Bertz CT molecular complexity index is 1370. The molecule has 0 saturated heterocycles. The van der Waals surface area contributed by atoms with E-state index in [-0.39, 0.29) is 35.4 Å². The van der Waals surface area contributed by atoms with E-state index in [1.54, 1.807) is 6.07 Å². The number of halogens is 3. The van der Waals surface area contributed by atoms with Crippen molar-refractivity contribution in [2.75, 3.05) is 7.11 Å². The number of aromatic amines is 1. The number of hydrogen-bond acceptors (Lipinski definition) is 5. The highest BCUT2D eigenvalue weighted by Gasteiger charge is 2.35. The maximum atomic E-state index is 13.3. The molecule has 1 aliphatic carbocycles. The van der Waals surface area contributed by atoms with Crippen molar-refractivity contribution in [3.05, 3.63) is 53.2 Å². The van der Waals surface area contributed by atoms with Gasteiger partial charge in [0.25, 0.3) is 5.89 Å². The fraction of sp³-hybridized carbons (Fsp3) is 0.261. The summed E-state index contributed by atoms with van der Waals surface area (Å²) in [6.45, 7) is 0. The number of carboxylic acid groups (broad SMARTS) is 1. The molecule has 33 heavy (non-hydrogen) atoms. The molecule has 0 radical (unpaired) electrons. The maximum Gasteiger partial charge on any atom is 0.419 e. The minimum atomic E-state index is -4.59. The number of carbonyl (C=O) groups is 1. The molecular formula is C23H18F3N3O4. The number of rotatable bonds is 5. The number of carboxylic acids is 1. The van der Waals surface area contributed by atoms with Crippen molar-refractivity contribution in [1.82, 2.24) is 15.1 Å². The summed E-state index contributed by atoms with van der Waals surface area (Å²) >= 11 is 0. The minimum absolute atomic E-state index is 0.0425. The smallest absolute Gasteiger partial charge is 0.419 e. The molecule has 0 bridgehead atoms. The Labute approximate surface area is 185 Å². The first kappa shape index (κ1) is 21.0. The number of aromatic nitrogens is 3. The van der Waals surface area contributed by atoms with E-state index < -0.39 is 17.7 Å². The molecule has 2 aromatic carbocycles. The second kappa shape index (κ2) is 7.65. The largest absolute Gasteiger partial charge is 0.496 e. The van der Waals surface area contributed by atoms with Crippen LogP contribution in [-0.4, -0.2) is 33.3 Å². The van der Waals surface area contributed by atoms with Crippen LogP contribution in [0.1, 0.15) is 35.6 Å². The molecule has 170 valence electrons. The van der Waals surface area contributed by atoms with Crippen LogP contribution in [-0.2, 0) is 17.4 Å². The molecule has 0 amide bonds. The molecular weight excluding hydrogens is 439 g/mol. The van der Waals surface area contributed by atoms with E-state index in [0.29, 0.717) is 5.56 Å². The number of aryl methyl sites for hydroxylation is 1. The summed E-state index contributed by atoms with van der Waals surface area (Å²) in [6, 6.07) is 9.08. The fourth-order valence-electron chi connectivity index (χ4n) is 4.42. The van der Waals surface area contributed by atoms with Crippen LogP contribution in [0.3, 0.4) is 0 Å². The monoisotopic (exact) mass is 457 g/mol. The molecule has 2 N–H and O–H groups in total. The van der Waals surface area contributed by atoms with Crippen LogP contribution in [0.2, 0.25) is 0 Å². The maximum absolute atomic E-state index is 13.3. The molecule has 10 heteroatoms. The van der Waals surface area contributed by atoms with E-state index in [1.807, 2.05) is 12.1 Å². The van der Waals surface area contributed by atoms with Crippen molar-refractivity contribution in [2.45, 2.75) is 31.4 Å². The Morgan fingerprint density at radius 2 is 2.03 bits per heavy atom. The zero-order valence-electron chi connectivity index (χ0n) is 17.4. The average Bonchev–Trinajstić information content (AvgIpc) is 3.48. The lowest BCUT2D eigenvalue weighted by Gasteiger charge is -2.12. The van der Waals surface area contributed by atoms with Crippen molar-refractivity contribution in [3.63, 3.8) is 0 Å². The van der Waals surface area contributed by atoms with Gasteiger partial charge in [0.15, 0.2) is 0 Å². The Morgan fingerprint density at radius 3 is 2.76 bits per heavy atom. The normalized spacial score (nSPS) is 15.7. The third-order valence-corrected chi connectivity index (χ3v) is 5.95. The molecule has 1 aliphatic rings. The highest BCUT2D eigenvalue weighted by Crippen LogP contribution is 2.41. The van der Waals surface area contributed by atoms with E-state index in [2.05, 4.69) is 15.1 Å². The van der Waals surface area contributed by atoms with Crippen molar-refractivity contribution in [3.8, 4) is 28.6 Å². The molecule has 0 saturated carbocycles. The summed E-state index contributed by atoms with van der Waals surface area (Å²) in [5.41, 5.74) is 2.74. The zero-order valence-corrected chi connectivity index (χ0v) is 17.4. The number of nitrogens with one attached hydrogen (secondary N) is 1. The number of fused-ring (bicyclic) bond motifs is 3. The molecule has 0 fully saturated rings. The lowest BCUT2D eigenvalue weighted by atomic mass is 10.0. The van der Waals surface area contributed by atoms with Crippen molar-refractivity contribution >= 4 is 16.9 Å². The lowest BCUT2D eigenvalue weighted by molar-refractivity contribution is -0.139. The van der Waals surface area contributed by atoms with Crippen LogP contribution in [0, 0.1) is 0 Å². The van der Waals surface area contributed by atoms with Gasteiger partial charge < -0.3 is 19.4 Å². The third-order valence-electron chi connectivity index (χ3n) is 5.95. The Morgan fingerprint density at radius 1 is 1.24 bits per heavy atom. The second-order valence-electron chi connectivity index (χ2n) is 7.95. The molecule has 0 aliphatic heterocycles. The van der Waals surface area contributed by atoms with Gasteiger partial charge in [-0.15, -0.1) is 0 Å². The van der Waals surface area contributed by atoms with Gasteiger partial charge in [0, 0.05) is 33.6 Å². The number of aliphatic carboxylic acids is 1. The summed E-state index contributed by atoms with van der Waals surface area (Å²) in [4.78, 5) is 18.8. The van der Waals surface area contributed by atoms with Crippen molar-refractivity contribution in [1.29, 1.82) is 0 Å². The Hall–Kier alpha value is -3.82. The average molecular weight is 457 g/mol. The number of methoxy groups -OCH3 is 1. The zero-order chi connectivity index (χ0) is 23.3. The van der Waals surface area contributed by atoms with Crippen molar-refractivity contribution < 1.29 is 32.3 Å². The van der Waals surface area contributed by atoms with E-state index in [1.165, 1.54) is 19.2 Å². The Kier molecular flexibility index (Phi) is 4.88. The van der Waals surface area contributed by atoms with Gasteiger partial charge in [0.05, 0.1) is 19.1 Å². The molecule has 5 rings (SSSR count). The number of alkyl halides is 3. The summed E-state index contributed by atoms with van der Waals surface area (Å²) in [6.07, 6.45) is -3.00. The third kappa shape index (κ3) is 3.71. The fourth-order valence-corrected chi connectivity index (χ4v) is 4.42. The number of hydrogen-bond donors (Lipinski definition) is 2. The van der Waals surface area contributed by atoms with Gasteiger partial charge >= 0.3 is 12.1 Å². The molecule has 4 aromatic rings. The first-order valence-corrected chi connectivity index (χ1v) is 10.2. The summed E-state index contributed by atoms with van der Waals surface area (Å²) < 4.78 is 50.1. The van der Waals surface area contributed by atoms with Crippen LogP contribution in [0.4, 0.5) is 13.2 Å². The second-order valence-corrected chi connectivity index (χ2v) is 7.95. The van der Waals surface area contributed by atoms with Crippen LogP contribution in [0.25, 0.3) is 33.7 Å². The number of ether oxygens (including phenoxy) is 1. The molecule has 7 nitrogen and oxygen atoms in total. The highest BCUT2D eigenvalue weighted by atomic mass is 19.4. The lowest BCUT2D eigenvalue weighted by Crippen LogP contribution is -2.07. The molecule has 2 heterocycles.